The molecule has 0 bridgehead atoms. The van der Waals surface area contributed by atoms with Crippen molar-refractivity contribution in [2.75, 3.05) is 53.6 Å². The van der Waals surface area contributed by atoms with Gasteiger partial charge < -0.3 is 24.4 Å². The third kappa shape index (κ3) is 5.52. The maximum atomic E-state index is 12.2. The van der Waals surface area contributed by atoms with Crippen molar-refractivity contribution < 1.29 is 23.8 Å². The van der Waals surface area contributed by atoms with Crippen molar-refractivity contribution in [3.8, 4) is 11.5 Å². The first kappa shape index (κ1) is 19.8. The molecule has 8 heteroatoms. The maximum absolute atomic E-state index is 12.2. The van der Waals surface area contributed by atoms with Crippen molar-refractivity contribution in [3.63, 3.8) is 0 Å². The van der Waals surface area contributed by atoms with Gasteiger partial charge in [-0.05, 0) is 24.6 Å². The van der Waals surface area contributed by atoms with Crippen LogP contribution in [-0.4, -0.2) is 75.4 Å². The van der Waals surface area contributed by atoms with Crippen molar-refractivity contribution in [2.45, 2.75) is 13.5 Å². The Morgan fingerprint density at radius 2 is 1.77 bits per heavy atom. The first-order chi connectivity index (χ1) is 12.6. The van der Waals surface area contributed by atoms with Gasteiger partial charge in [-0.2, -0.15) is 0 Å². The minimum absolute atomic E-state index is 0.0515. The van der Waals surface area contributed by atoms with E-state index in [1.165, 1.54) is 0 Å². The Morgan fingerprint density at radius 1 is 1.08 bits per heavy atom. The van der Waals surface area contributed by atoms with E-state index in [1.54, 1.807) is 26.0 Å². The molecule has 0 aliphatic carbocycles. The number of rotatable bonds is 7. The molecule has 0 atom stereocenters. The van der Waals surface area contributed by atoms with Gasteiger partial charge in [0.1, 0.15) is 0 Å². The molecule has 8 nitrogen and oxygen atoms in total. The molecule has 1 heterocycles. The van der Waals surface area contributed by atoms with E-state index >= 15 is 0 Å². The predicted octanol–water partition coefficient (Wildman–Crippen LogP) is 1.09. The molecule has 1 fully saturated rings. The summed E-state index contributed by atoms with van der Waals surface area (Å²) in [6.07, 6.45) is -0.287. The number of benzene rings is 1. The van der Waals surface area contributed by atoms with Crippen LogP contribution in [-0.2, 0) is 16.1 Å². The number of hydrogen-bond donors (Lipinski definition) is 1. The number of nitrogens with zero attached hydrogens (tertiary/aromatic N) is 2. The predicted molar refractivity (Wildman–Crippen MR) is 96.4 cm³/mol. The summed E-state index contributed by atoms with van der Waals surface area (Å²) in [6, 6.07) is 5.55. The van der Waals surface area contributed by atoms with E-state index in [1.807, 2.05) is 23.1 Å². The van der Waals surface area contributed by atoms with Gasteiger partial charge in [0.05, 0.1) is 27.4 Å². The zero-order chi connectivity index (χ0) is 18.9. The molecule has 0 unspecified atom stereocenters. The fourth-order valence-electron chi connectivity index (χ4n) is 2.75. The summed E-state index contributed by atoms with van der Waals surface area (Å²) in [7, 11) is 3.16. The molecular formula is C18H27N3O5. The van der Waals surface area contributed by atoms with E-state index in [9.17, 15) is 9.59 Å². The van der Waals surface area contributed by atoms with Crippen LogP contribution >= 0.6 is 0 Å². The molecule has 2 rings (SSSR count). The summed E-state index contributed by atoms with van der Waals surface area (Å²) < 4.78 is 15.5. The normalized spacial score (nSPS) is 14.7. The number of carbonyl (C=O) groups is 2. The van der Waals surface area contributed by atoms with E-state index in [4.69, 9.17) is 14.2 Å². The molecule has 2 amide bonds. The number of piperazine rings is 1. The highest BCUT2D eigenvalue weighted by molar-refractivity contribution is 5.78. The molecule has 0 saturated carbocycles. The standard InChI is InChI=1S/C18H27N3O5/c1-4-26-18(23)21-9-7-20(8-10-21)13-17(22)19-12-14-5-6-15(24-2)16(11-14)25-3/h5-6,11H,4,7-10,12-13H2,1-3H3,(H,19,22). The minimum atomic E-state index is -0.287. The SMILES string of the molecule is CCOC(=O)N1CCN(CC(=O)NCc2ccc(OC)c(OC)c2)CC1. The molecule has 1 aromatic carbocycles. The second-order valence-electron chi connectivity index (χ2n) is 5.93. The van der Waals surface area contributed by atoms with Crippen LogP contribution in [0, 0.1) is 0 Å². The Bertz CT molecular complexity index is 615. The number of hydrogen-bond acceptors (Lipinski definition) is 6. The largest absolute Gasteiger partial charge is 0.493 e. The summed E-state index contributed by atoms with van der Waals surface area (Å²) in [6.45, 7) is 5.34. The third-order valence-electron chi connectivity index (χ3n) is 4.20. The molecule has 1 N–H and O–H groups in total. The lowest BCUT2D eigenvalue weighted by Gasteiger charge is -2.33. The monoisotopic (exact) mass is 365 g/mol. The topological polar surface area (TPSA) is 80.3 Å². The molecule has 1 aliphatic heterocycles. The average molecular weight is 365 g/mol. The molecule has 1 saturated heterocycles. The summed E-state index contributed by atoms with van der Waals surface area (Å²) >= 11 is 0. The van der Waals surface area contributed by atoms with Gasteiger partial charge in [-0.1, -0.05) is 6.07 Å². The average Bonchev–Trinajstić information content (AvgIpc) is 2.66. The molecule has 26 heavy (non-hydrogen) atoms. The number of nitrogens with one attached hydrogen (secondary N) is 1. The molecular weight excluding hydrogens is 338 g/mol. The number of carbonyl (C=O) groups excluding carboxylic acids is 2. The Balaban J connectivity index is 1.75. The van der Waals surface area contributed by atoms with Gasteiger partial charge in [-0.25, -0.2) is 4.79 Å². The Kier molecular flexibility index (Phi) is 7.53. The third-order valence-corrected chi connectivity index (χ3v) is 4.20. The van der Waals surface area contributed by atoms with Gasteiger partial charge in [-0.15, -0.1) is 0 Å². The van der Waals surface area contributed by atoms with Crippen LogP contribution in [0.25, 0.3) is 0 Å². The van der Waals surface area contributed by atoms with Crippen LogP contribution in [0.1, 0.15) is 12.5 Å². The lowest BCUT2D eigenvalue weighted by molar-refractivity contribution is -0.122. The summed E-state index contributed by atoms with van der Waals surface area (Å²) in [4.78, 5) is 27.5. The van der Waals surface area contributed by atoms with Crippen LogP contribution in [0.3, 0.4) is 0 Å². The molecule has 0 aromatic heterocycles. The maximum Gasteiger partial charge on any atom is 0.409 e. The Labute approximate surface area is 154 Å². The fraction of sp³-hybridized carbons (Fsp3) is 0.556. The highest BCUT2D eigenvalue weighted by atomic mass is 16.6. The lowest BCUT2D eigenvalue weighted by atomic mass is 10.2. The van der Waals surface area contributed by atoms with Gasteiger partial charge in [0.15, 0.2) is 11.5 Å². The van der Waals surface area contributed by atoms with E-state index in [-0.39, 0.29) is 12.0 Å². The van der Waals surface area contributed by atoms with Crippen LogP contribution < -0.4 is 14.8 Å². The Morgan fingerprint density at radius 3 is 2.38 bits per heavy atom. The van der Waals surface area contributed by atoms with Crippen molar-refractivity contribution in [2.24, 2.45) is 0 Å². The molecule has 144 valence electrons. The van der Waals surface area contributed by atoms with Crippen molar-refractivity contribution in [3.05, 3.63) is 23.8 Å². The molecule has 0 spiro atoms. The van der Waals surface area contributed by atoms with E-state index in [0.717, 1.165) is 5.56 Å². The van der Waals surface area contributed by atoms with E-state index in [2.05, 4.69) is 5.32 Å². The van der Waals surface area contributed by atoms with Gasteiger partial charge in [0, 0.05) is 32.7 Å². The molecule has 1 aromatic rings. The zero-order valence-corrected chi connectivity index (χ0v) is 15.6. The Hall–Kier alpha value is -2.48. The minimum Gasteiger partial charge on any atom is -0.493 e. The van der Waals surface area contributed by atoms with Gasteiger partial charge in [-0.3, -0.25) is 9.69 Å². The first-order valence-corrected chi connectivity index (χ1v) is 8.69. The summed E-state index contributed by atoms with van der Waals surface area (Å²) in [5.41, 5.74) is 0.933. The fourth-order valence-corrected chi connectivity index (χ4v) is 2.75. The number of amides is 2. The summed E-state index contributed by atoms with van der Waals surface area (Å²) in [5, 5.41) is 2.91. The number of ether oxygens (including phenoxy) is 3. The smallest absolute Gasteiger partial charge is 0.409 e. The zero-order valence-electron chi connectivity index (χ0n) is 15.6. The highest BCUT2D eigenvalue weighted by Gasteiger charge is 2.23. The number of methoxy groups -OCH3 is 2. The highest BCUT2D eigenvalue weighted by Crippen LogP contribution is 2.27. The van der Waals surface area contributed by atoms with Gasteiger partial charge >= 0.3 is 6.09 Å². The van der Waals surface area contributed by atoms with Crippen LogP contribution in [0.4, 0.5) is 4.79 Å². The van der Waals surface area contributed by atoms with Gasteiger partial charge in [0.2, 0.25) is 5.91 Å². The van der Waals surface area contributed by atoms with Crippen molar-refractivity contribution >= 4 is 12.0 Å². The lowest BCUT2D eigenvalue weighted by Crippen LogP contribution is -2.51. The van der Waals surface area contributed by atoms with E-state index < -0.39 is 0 Å². The second kappa shape index (κ2) is 9.86. The summed E-state index contributed by atoms with van der Waals surface area (Å²) in [5.74, 6) is 1.24. The molecule has 1 aliphatic rings. The first-order valence-electron chi connectivity index (χ1n) is 8.69. The quantitative estimate of drug-likeness (QED) is 0.779. The van der Waals surface area contributed by atoms with Crippen molar-refractivity contribution in [1.82, 2.24) is 15.1 Å². The van der Waals surface area contributed by atoms with Crippen LogP contribution in [0.15, 0.2) is 18.2 Å². The van der Waals surface area contributed by atoms with E-state index in [0.29, 0.717) is 57.4 Å². The van der Waals surface area contributed by atoms with Crippen LogP contribution in [0.5, 0.6) is 11.5 Å². The van der Waals surface area contributed by atoms with Gasteiger partial charge in [0.25, 0.3) is 0 Å². The van der Waals surface area contributed by atoms with Crippen molar-refractivity contribution in [1.29, 1.82) is 0 Å². The second-order valence-corrected chi connectivity index (χ2v) is 5.93. The van der Waals surface area contributed by atoms with Crippen LogP contribution in [0.2, 0.25) is 0 Å². The molecule has 0 radical (unpaired) electrons.